The van der Waals surface area contributed by atoms with Crippen molar-refractivity contribution in [2.45, 2.75) is 13.5 Å². The van der Waals surface area contributed by atoms with E-state index in [4.69, 9.17) is 4.42 Å². The van der Waals surface area contributed by atoms with Gasteiger partial charge in [-0.25, -0.2) is 9.37 Å². The van der Waals surface area contributed by atoms with Crippen LogP contribution in [0.4, 0.5) is 10.2 Å². The second-order valence-electron chi connectivity index (χ2n) is 3.35. The van der Waals surface area contributed by atoms with Crippen molar-refractivity contribution in [2.75, 3.05) is 5.32 Å². The number of anilines is 1. The molecule has 84 valence electrons. The van der Waals surface area contributed by atoms with Gasteiger partial charge in [-0.1, -0.05) is 0 Å². The van der Waals surface area contributed by atoms with Crippen LogP contribution in [0.3, 0.4) is 0 Å². The van der Waals surface area contributed by atoms with Gasteiger partial charge in [0.1, 0.15) is 11.5 Å². The molecule has 2 rings (SSSR count). The summed E-state index contributed by atoms with van der Waals surface area (Å²) in [6, 6.07) is 5.07. The molecule has 5 heteroatoms. The summed E-state index contributed by atoms with van der Waals surface area (Å²) in [6.45, 7) is 2.28. The van der Waals surface area contributed by atoms with Crippen molar-refractivity contribution in [3.05, 3.63) is 46.2 Å². The second-order valence-corrected chi connectivity index (χ2v) is 4.27. The smallest absolute Gasteiger partial charge is 0.166 e. The first-order valence-electron chi connectivity index (χ1n) is 4.75. The zero-order valence-corrected chi connectivity index (χ0v) is 10.2. The number of furan rings is 1. The summed E-state index contributed by atoms with van der Waals surface area (Å²) in [5, 5.41) is 2.87. The highest BCUT2D eigenvalue weighted by molar-refractivity contribution is 9.10. The first-order valence-corrected chi connectivity index (χ1v) is 5.54. The van der Waals surface area contributed by atoms with Gasteiger partial charge in [0.05, 0.1) is 6.54 Å². The summed E-state index contributed by atoms with van der Waals surface area (Å²) in [7, 11) is 0. The van der Waals surface area contributed by atoms with Crippen LogP contribution in [0.5, 0.6) is 0 Å². The maximum absolute atomic E-state index is 13.4. The molecule has 0 spiro atoms. The molecule has 0 unspecified atom stereocenters. The molecule has 0 bridgehead atoms. The van der Waals surface area contributed by atoms with E-state index in [2.05, 4.69) is 26.2 Å². The van der Waals surface area contributed by atoms with Crippen molar-refractivity contribution in [3.8, 4) is 0 Å². The van der Waals surface area contributed by atoms with Crippen molar-refractivity contribution in [3.63, 3.8) is 0 Å². The molecule has 2 aromatic heterocycles. The molecular formula is C11H10BrFN2O. The first kappa shape index (κ1) is 11.1. The van der Waals surface area contributed by atoms with Gasteiger partial charge in [-0.3, -0.25) is 0 Å². The average molecular weight is 285 g/mol. The Morgan fingerprint density at radius 2 is 2.31 bits per heavy atom. The minimum Gasteiger partial charge on any atom is -0.465 e. The van der Waals surface area contributed by atoms with E-state index < -0.39 is 5.82 Å². The molecule has 2 heterocycles. The van der Waals surface area contributed by atoms with E-state index in [9.17, 15) is 4.39 Å². The Morgan fingerprint density at radius 3 is 2.94 bits per heavy atom. The molecule has 16 heavy (non-hydrogen) atoms. The van der Waals surface area contributed by atoms with Gasteiger partial charge in [-0.15, -0.1) is 0 Å². The maximum Gasteiger partial charge on any atom is 0.166 e. The Bertz CT molecular complexity index is 498. The van der Waals surface area contributed by atoms with E-state index in [-0.39, 0.29) is 5.82 Å². The van der Waals surface area contributed by atoms with Gasteiger partial charge >= 0.3 is 0 Å². The summed E-state index contributed by atoms with van der Waals surface area (Å²) in [5.41, 5.74) is 0. The van der Waals surface area contributed by atoms with Crippen LogP contribution < -0.4 is 5.32 Å². The van der Waals surface area contributed by atoms with Crippen LogP contribution in [0.15, 0.2) is 33.3 Å². The second kappa shape index (κ2) is 4.65. The molecule has 0 aliphatic heterocycles. The average Bonchev–Trinajstić information content (AvgIpc) is 2.63. The number of hydrogen-bond donors (Lipinski definition) is 1. The molecular weight excluding hydrogens is 275 g/mol. The SMILES string of the molecule is Cc1ccc(CNc2ncc(Br)cc2F)o1. The summed E-state index contributed by atoms with van der Waals surface area (Å²) in [6.07, 6.45) is 1.54. The lowest BCUT2D eigenvalue weighted by atomic mass is 10.4. The molecule has 2 aromatic rings. The quantitative estimate of drug-likeness (QED) is 0.938. The highest BCUT2D eigenvalue weighted by Crippen LogP contribution is 2.17. The molecule has 0 radical (unpaired) electrons. The molecule has 0 aliphatic carbocycles. The van der Waals surface area contributed by atoms with Gasteiger partial charge in [-0.05, 0) is 41.1 Å². The van der Waals surface area contributed by atoms with Crippen LogP contribution >= 0.6 is 15.9 Å². The lowest BCUT2D eigenvalue weighted by Crippen LogP contribution is -2.02. The summed E-state index contributed by atoms with van der Waals surface area (Å²) in [4.78, 5) is 3.93. The van der Waals surface area contributed by atoms with Crippen LogP contribution in [-0.4, -0.2) is 4.98 Å². The van der Waals surface area contributed by atoms with Crippen molar-refractivity contribution >= 4 is 21.7 Å². The fourth-order valence-electron chi connectivity index (χ4n) is 1.30. The molecule has 0 amide bonds. The normalized spacial score (nSPS) is 10.4. The molecule has 0 aliphatic rings. The van der Waals surface area contributed by atoms with Crippen LogP contribution in [0, 0.1) is 12.7 Å². The summed E-state index contributed by atoms with van der Waals surface area (Å²) >= 11 is 3.15. The number of rotatable bonds is 3. The highest BCUT2D eigenvalue weighted by atomic mass is 79.9. The number of halogens is 2. The first-order chi connectivity index (χ1) is 7.65. The van der Waals surface area contributed by atoms with Crippen molar-refractivity contribution in [2.24, 2.45) is 0 Å². The standard InChI is InChI=1S/C11H10BrFN2O/c1-7-2-3-9(16-7)6-15-11-10(13)4-8(12)5-14-11/h2-5H,6H2,1H3,(H,14,15). The third kappa shape index (κ3) is 2.61. The Hall–Kier alpha value is -1.36. The lowest BCUT2D eigenvalue weighted by Gasteiger charge is -2.04. The third-order valence-corrected chi connectivity index (χ3v) is 2.47. The van der Waals surface area contributed by atoms with Gasteiger partial charge in [0.15, 0.2) is 11.6 Å². The van der Waals surface area contributed by atoms with E-state index in [0.717, 1.165) is 11.5 Å². The maximum atomic E-state index is 13.4. The van der Waals surface area contributed by atoms with Crippen LogP contribution in [0.25, 0.3) is 0 Å². The Morgan fingerprint density at radius 1 is 1.50 bits per heavy atom. The molecule has 3 nitrogen and oxygen atoms in total. The Balaban J connectivity index is 2.04. The van der Waals surface area contributed by atoms with Crippen LogP contribution in [-0.2, 0) is 6.54 Å². The number of nitrogens with one attached hydrogen (secondary N) is 1. The Labute approximate surface area is 101 Å². The monoisotopic (exact) mass is 284 g/mol. The Kier molecular flexibility index (Phi) is 3.24. The van der Waals surface area contributed by atoms with E-state index in [1.807, 2.05) is 19.1 Å². The molecule has 0 aromatic carbocycles. The highest BCUT2D eigenvalue weighted by Gasteiger charge is 2.05. The molecule has 0 saturated carbocycles. The van der Waals surface area contributed by atoms with E-state index >= 15 is 0 Å². The van der Waals surface area contributed by atoms with Gasteiger partial charge in [0.2, 0.25) is 0 Å². The van der Waals surface area contributed by atoms with E-state index in [1.54, 1.807) is 6.20 Å². The van der Waals surface area contributed by atoms with Crippen molar-refractivity contribution in [1.29, 1.82) is 0 Å². The minimum atomic E-state index is -0.391. The fraction of sp³-hybridized carbons (Fsp3) is 0.182. The molecule has 0 saturated heterocycles. The van der Waals surface area contributed by atoms with Gasteiger partial charge in [-0.2, -0.15) is 0 Å². The predicted octanol–water partition coefficient (Wildman–Crippen LogP) is 3.50. The lowest BCUT2D eigenvalue weighted by molar-refractivity contribution is 0.489. The number of hydrogen-bond acceptors (Lipinski definition) is 3. The molecule has 1 N–H and O–H groups in total. The van der Waals surface area contributed by atoms with Crippen LogP contribution in [0.2, 0.25) is 0 Å². The zero-order chi connectivity index (χ0) is 11.5. The van der Waals surface area contributed by atoms with Gasteiger partial charge in [0, 0.05) is 10.7 Å². The summed E-state index contributed by atoms with van der Waals surface area (Å²) < 4.78 is 19.3. The number of aryl methyl sites for hydroxylation is 1. The summed E-state index contributed by atoms with van der Waals surface area (Å²) in [5.74, 6) is 1.41. The van der Waals surface area contributed by atoms with E-state index in [0.29, 0.717) is 11.0 Å². The molecule has 0 fully saturated rings. The molecule has 0 atom stereocenters. The van der Waals surface area contributed by atoms with Gasteiger partial charge in [0.25, 0.3) is 0 Å². The predicted molar refractivity (Wildman–Crippen MR) is 62.7 cm³/mol. The number of aromatic nitrogens is 1. The fourth-order valence-corrected chi connectivity index (χ4v) is 1.60. The number of nitrogens with zero attached hydrogens (tertiary/aromatic N) is 1. The zero-order valence-electron chi connectivity index (χ0n) is 8.63. The topological polar surface area (TPSA) is 38.1 Å². The van der Waals surface area contributed by atoms with Crippen molar-refractivity contribution in [1.82, 2.24) is 4.98 Å². The van der Waals surface area contributed by atoms with Gasteiger partial charge < -0.3 is 9.73 Å². The third-order valence-electron chi connectivity index (χ3n) is 2.03. The van der Waals surface area contributed by atoms with Crippen LogP contribution in [0.1, 0.15) is 11.5 Å². The number of pyridine rings is 1. The van der Waals surface area contributed by atoms with Crippen molar-refractivity contribution < 1.29 is 8.81 Å². The minimum absolute atomic E-state index is 0.220. The largest absolute Gasteiger partial charge is 0.465 e. The van der Waals surface area contributed by atoms with E-state index in [1.165, 1.54) is 6.07 Å².